The Kier molecular flexibility index (Phi) is 7.10. The number of urea groups is 1. The van der Waals surface area contributed by atoms with Crippen molar-refractivity contribution < 1.29 is 15.0 Å². The van der Waals surface area contributed by atoms with Gasteiger partial charge in [0.25, 0.3) is 0 Å². The number of benzene rings is 1. The Labute approximate surface area is 162 Å². The summed E-state index contributed by atoms with van der Waals surface area (Å²) in [6.07, 6.45) is 5.49. The highest BCUT2D eigenvalue weighted by atomic mass is 16.3. The van der Waals surface area contributed by atoms with Crippen LogP contribution in [0.5, 0.6) is 0 Å². The van der Waals surface area contributed by atoms with Crippen molar-refractivity contribution in [1.29, 1.82) is 0 Å². The molecule has 2 aliphatic heterocycles. The van der Waals surface area contributed by atoms with Crippen LogP contribution in [0.1, 0.15) is 44.1 Å². The number of hydrogen-bond acceptors (Lipinski definition) is 4. The molecule has 0 aromatic heterocycles. The van der Waals surface area contributed by atoms with E-state index in [-0.39, 0.29) is 18.7 Å². The number of amides is 2. The maximum Gasteiger partial charge on any atom is 0.317 e. The second kappa shape index (κ2) is 9.53. The molecule has 1 atom stereocenters. The molecule has 0 unspecified atom stereocenters. The van der Waals surface area contributed by atoms with E-state index in [9.17, 15) is 15.0 Å². The van der Waals surface area contributed by atoms with Crippen molar-refractivity contribution in [2.45, 2.75) is 50.2 Å². The number of likely N-dealkylation sites (tertiary alicyclic amines) is 2. The molecule has 6 nitrogen and oxygen atoms in total. The number of carbonyl (C=O) groups is 1. The summed E-state index contributed by atoms with van der Waals surface area (Å²) in [5.41, 5.74) is 0.107. The van der Waals surface area contributed by atoms with Crippen molar-refractivity contribution in [2.75, 3.05) is 39.3 Å². The van der Waals surface area contributed by atoms with Gasteiger partial charge in [0.2, 0.25) is 0 Å². The molecule has 2 saturated heterocycles. The van der Waals surface area contributed by atoms with Crippen molar-refractivity contribution in [3.8, 4) is 0 Å². The maximum atomic E-state index is 12.4. The molecule has 3 rings (SSSR count). The van der Waals surface area contributed by atoms with Crippen molar-refractivity contribution in [1.82, 2.24) is 15.1 Å². The molecule has 0 bridgehead atoms. The van der Waals surface area contributed by atoms with Crippen molar-refractivity contribution in [3.05, 3.63) is 35.9 Å². The summed E-state index contributed by atoms with van der Waals surface area (Å²) in [5, 5.41) is 23.3. The van der Waals surface area contributed by atoms with Crippen LogP contribution < -0.4 is 5.32 Å². The van der Waals surface area contributed by atoms with Gasteiger partial charge in [-0.25, -0.2) is 4.79 Å². The average Bonchev–Trinajstić information content (AvgIpc) is 2.72. The number of nitrogens with zero attached hydrogens (tertiary/aromatic N) is 2. The molecule has 150 valence electrons. The van der Waals surface area contributed by atoms with Gasteiger partial charge in [-0.1, -0.05) is 36.8 Å². The van der Waals surface area contributed by atoms with E-state index in [1.54, 1.807) is 4.90 Å². The number of rotatable bonds is 6. The Bertz CT molecular complexity index is 588. The number of piperidine rings is 2. The van der Waals surface area contributed by atoms with E-state index in [1.165, 1.54) is 12.8 Å². The molecule has 2 amide bonds. The molecule has 2 aliphatic rings. The van der Waals surface area contributed by atoms with Crippen LogP contribution in [0.4, 0.5) is 4.79 Å². The minimum atomic E-state index is -0.828. The van der Waals surface area contributed by atoms with Gasteiger partial charge in [-0.15, -0.1) is 0 Å². The topological polar surface area (TPSA) is 76.0 Å². The van der Waals surface area contributed by atoms with Crippen molar-refractivity contribution in [3.63, 3.8) is 0 Å². The minimum Gasteiger partial charge on any atom is -0.395 e. The van der Waals surface area contributed by atoms with Crippen LogP contribution in [0.15, 0.2) is 30.3 Å². The largest absolute Gasteiger partial charge is 0.395 e. The molecule has 1 aromatic carbocycles. The standard InChI is InChI=1S/C21H33N3O3/c25-17-19-9-4-5-13-23(19)14-6-12-22-20(26)24-15-10-21(27,11-16-24)18-7-2-1-3-8-18/h1-3,7-8,19,25,27H,4-6,9-17H2,(H,22,26)/t19-/m0/s1. The Hall–Kier alpha value is -1.63. The quantitative estimate of drug-likeness (QED) is 0.664. The van der Waals surface area contributed by atoms with E-state index in [0.717, 1.165) is 31.5 Å². The second-order valence-corrected chi connectivity index (χ2v) is 7.84. The number of carbonyl (C=O) groups excluding carboxylic acids is 1. The monoisotopic (exact) mass is 375 g/mol. The molecule has 27 heavy (non-hydrogen) atoms. The zero-order valence-corrected chi connectivity index (χ0v) is 16.1. The maximum absolute atomic E-state index is 12.4. The molecule has 2 fully saturated rings. The van der Waals surface area contributed by atoms with Gasteiger partial charge in [0.15, 0.2) is 0 Å². The van der Waals surface area contributed by atoms with E-state index < -0.39 is 5.60 Å². The van der Waals surface area contributed by atoms with Crippen LogP contribution >= 0.6 is 0 Å². The molecule has 0 spiro atoms. The average molecular weight is 376 g/mol. The summed E-state index contributed by atoms with van der Waals surface area (Å²) in [6, 6.07) is 9.98. The van der Waals surface area contributed by atoms with Crippen LogP contribution in [0.25, 0.3) is 0 Å². The molecular weight excluding hydrogens is 342 g/mol. The van der Waals surface area contributed by atoms with Gasteiger partial charge in [0.05, 0.1) is 12.2 Å². The van der Waals surface area contributed by atoms with Gasteiger partial charge in [-0.2, -0.15) is 0 Å². The molecule has 3 N–H and O–H groups in total. The van der Waals surface area contributed by atoms with Crippen LogP contribution in [0.2, 0.25) is 0 Å². The first kappa shape index (κ1) is 20.1. The van der Waals surface area contributed by atoms with Crippen LogP contribution in [0.3, 0.4) is 0 Å². The van der Waals surface area contributed by atoms with Crippen LogP contribution in [-0.4, -0.2) is 71.4 Å². The van der Waals surface area contributed by atoms with E-state index in [4.69, 9.17) is 0 Å². The van der Waals surface area contributed by atoms with Crippen LogP contribution in [0, 0.1) is 0 Å². The highest BCUT2D eigenvalue weighted by Gasteiger charge is 2.35. The fourth-order valence-electron chi connectivity index (χ4n) is 4.27. The molecule has 2 heterocycles. The first-order valence-corrected chi connectivity index (χ1v) is 10.3. The summed E-state index contributed by atoms with van der Waals surface area (Å²) >= 11 is 0. The Morgan fingerprint density at radius 2 is 1.89 bits per heavy atom. The third-order valence-corrected chi connectivity index (χ3v) is 6.05. The summed E-state index contributed by atoms with van der Waals surface area (Å²) in [7, 11) is 0. The molecule has 1 aromatic rings. The van der Waals surface area contributed by atoms with E-state index in [2.05, 4.69) is 10.2 Å². The molecule has 0 saturated carbocycles. The smallest absolute Gasteiger partial charge is 0.317 e. The number of aliphatic hydroxyl groups excluding tert-OH is 1. The predicted molar refractivity (Wildman–Crippen MR) is 105 cm³/mol. The zero-order valence-electron chi connectivity index (χ0n) is 16.1. The lowest BCUT2D eigenvalue weighted by Crippen LogP contribution is -2.49. The normalized spacial score (nSPS) is 23.2. The van der Waals surface area contributed by atoms with E-state index >= 15 is 0 Å². The number of nitrogens with one attached hydrogen (secondary N) is 1. The van der Waals surface area contributed by atoms with Crippen molar-refractivity contribution in [2.24, 2.45) is 0 Å². The summed E-state index contributed by atoms with van der Waals surface area (Å²) < 4.78 is 0. The Morgan fingerprint density at radius 3 is 2.59 bits per heavy atom. The lowest BCUT2D eigenvalue weighted by Gasteiger charge is -2.38. The highest BCUT2D eigenvalue weighted by molar-refractivity contribution is 5.74. The lowest BCUT2D eigenvalue weighted by molar-refractivity contribution is -0.0168. The fourth-order valence-corrected chi connectivity index (χ4v) is 4.27. The predicted octanol–water partition coefficient (Wildman–Crippen LogP) is 1.92. The highest BCUT2D eigenvalue weighted by Crippen LogP contribution is 2.32. The third kappa shape index (κ3) is 5.21. The second-order valence-electron chi connectivity index (χ2n) is 7.84. The first-order chi connectivity index (χ1) is 13.1. The SMILES string of the molecule is O=C(NCCCN1CCCC[C@H]1CO)N1CCC(O)(c2ccccc2)CC1. The lowest BCUT2D eigenvalue weighted by atomic mass is 9.84. The molecule has 0 radical (unpaired) electrons. The van der Waals surface area contributed by atoms with Crippen molar-refractivity contribution >= 4 is 6.03 Å². The molecule has 6 heteroatoms. The summed E-state index contributed by atoms with van der Waals surface area (Å²) in [5.74, 6) is 0. The summed E-state index contributed by atoms with van der Waals surface area (Å²) in [4.78, 5) is 16.5. The van der Waals surface area contributed by atoms with Crippen LogP contribution in [-0.2, 0) is 5.60 Å². The molecule has 0 aliphatic carbocycles. The minimum absolute atomic E-state index is 0.0394. The van der Waals surface area contributed by atoms with Gasteiger partial charge >= 0.3 is 6.03 Å². The Morgan fingerprint density at radius 1 is 1.15 bits per heavy atom. The fraction of sp³-hybridized carbons (Fsp3) is 0.667. The van der Waals surface area contributed by atoms with E-state index in [0.29, 0.717) is 32.5 Å². The van der Waals surface area contributed by atoms with Gasteiger partial charge in [0.1, 0.15) is 0 Å². The molecular formula is C21H33N3O3. The van der Waals surface area contributed by atoms with Gasteiger partial charge < -0.3 is 20.4 Å². The zero-order chi connectivity index (χ0) is 19.1. The van der Waals surface area contributed by atoms with Gasteiger partial charge in [-0.3, -0.25) is 4.90 Å². The first-order valence-electron chi connectivity index (χ1n) is 10.3. The number of aliphatic hydroxyl groups is 2. The van der Waals surface area contributed by atoms with Gasteiger partial charge in [-0.05, 0) is 44.2 Å². The van der Waals surface area contributed by atoms with Gasteiger partial charge in [0, 0.05) is 32.2 Å². The number of hydrogen-bond donors (Lipinski definition) is 3. The summed E-state index contributed by atoms with van der Waals surface area (Å²) in [6.45, 7) is 3.96. The van der Waals surface area contributed by atoms with E-state index in [1.807, 2.05) is 30.3 Å². The Balaban J connectivity index is 1.37. The third-order valence-electron chi connectivity index (χ3n) is 6.05.